The number of aryl methyl sites for hydroxylation is 1. The molecule has 1 rings (SSSR count). The first-order valence-corrected chi connectivity index (χ1v) is 8.07. The van der Waals surface area contributed by atoms with Gasteiger partial charge in [-0.1, -0.05) is 76.8 Å². The van der Waals surface area contributed by atoms with Gasteiger partial charge >= 0.3 is 0 Å². The third kappa shape index (κ3) is 7.47. The summed E-state index contributed by atoms with van der Waals surface area (Å²) in [5, 5.41) is 0. The number of unbranched alkanes of at least 4 members (excludes halogenated alkanes) is 5. The van der Waals surface area contributed by atoms with Crippen LogP contribution in [0.3, 0.4) is 0 Å². The first-order valence-electron chi connectivity index (χ1n) is 8.07. The standard InChI is InChI=1S/C19H30O/c1-19(2,3)18(20)16-12-7-5-4-6-9-13-17-14-10-8-11-15-17/h8,10-11,14-15H,4-7,9,12-13,16H2,1-3H3. The van der Waals surface area contributed by atoms with E-state index < -0.39 is 0 Å². The van der Waals surface area contributed by atoms with Gasteiger partial charge in [0.15, 0.2) is 0 Å². The molecule has 112 valence electrons. The Bertz CT molecular complexity index is 373. The largest absolute Gasteiger partial charge is 0.299 e. The summed E-state index contributed by atoms with van der Waals surface area (Å²) in [6.45, 7) is 6.04. The maximum atomic E-state index is 11.8. The minimum Gasteiger partial charge on any atom is -0.299 e. The normalized spacial score (nSPS) is 11.6. The molecule has 0 bridgehead atoms. The molecule has 0 heterocycles. The lowest BCUT2D eigenvalue weighted by atomic mass is 9.88. The Morgan fingerprint density at radius 1 is 0.850 bits per heavy atom. The van der Waals surface area contributed by atoms with E-state index in [1.165, 1.54) is 44.1 Å². The van der Waals surface area contributed by atoms with Crippen molar-refractivity contribution in [1.29, 1.82) is 0 Å². The van der Waals surface area contributed by atoms with Crippen molar-refractivity contribution in [3.8, 4) is 0 Å². The number of carbonyl (C=O) groups is 1. The maximum absolute atomic E-state index is 11.8. The molecule has 0 atom stereocenters. The number of hydrogen-bond donors (Lipinski definition) is 0. The Morgan fingerprint density at radius 3 is 2.00 bits per heavy atom. The number of ketones is 1. The number of benzene rings is 1. The van der Waals surface area contributed by atoms with Gasteiger partial charge < -0.3 is 0 Å². The minimum atomic E-state index is -0.157. The van der Waals surface area contributed by atoms with Crippen molar-refractivity contribution in [2.24, 2.45) is 5.41 Å². The summed E-state index contributed by atoms with van der Waals surface area (Å²) in [4.78, 5) is 11.8. The molecule has 1 aromatic carbocycles. The van der Waals surface area contributed by atoms with Crippen LogP contribution in [0.4, 0.5) is 0 Å². The van der Waals surface area contributed by atoms with Gasteiger partial charge in [-0.2, -0.15) is 0 Å². The van der Waals surface area contributed by atoms with Gasteiger partial charge in [-0.25, -0.2) is 0 Å². The van der Waals surface area contributed by atoms with Crippen molar-refractivity contribution in [3.05, 3.63) is 35.9 Å². The predicted octanol–water partition coefficient (Wildman–Crippen LogP) is 5.58. The smallest absolute Gasteiger partial charge is 0.138 e. The second-order valence-corrected chi connectivity index (χ2v) is 6.78. The molecule has 1 heteroatoms. The molecule has 0 saturated carbocycles. The lowest BCUT2D eigenvalue weighted by molar-refractivity contribution is -0.126. The fraction of sp³-hybridized carbons (Fsp3) is 0.632. The van der Waals surface area contributed by atoms with E-state index in [4.69, 9.17) is 0 Å². The zero-order chi connectivity index (χ0) is 14.8. The molecule has 0 aliphatic carbocycles. The molecule has 0 unspecified atom stereocenters. The van der Waals surface area contributed by atoms with Crippen molar-refractivity contribution in [3.63, 3.8) is 0 Å². The molecule has 1 nitrogen and oxygen atoms in total. The summed E-state index contributed by atoms with van der Waals surface area (Å²) < 4.78 is 0. The predicted molar refractivity (Wildman–Crippen MR) is 86.9 cm³/mol. The van der Waals surface area contributed by atoms with Crippen LogP contribution in [0.25, 0.3) is 0 Å². The number of Topliss-reactive ketones (excluding diaryl/α,β-unsaturated/α-hetero) is 1. The molecule has 0 N–H and O–H groups in total. The first kappa shape index (κ1) is 16.9. The summed E-state index contributed by atoms with van der Waals surface area (Å²) in [5.74, 6) is 0.404. The lowest BCUT2D eigenvalue weighted by Crippen LogP contribution is -2.19. The molecule has 20 heavy (non-hydrogen) atoms. The van der Waals surface area contributed by atoms with Crippen LogP contribution in [0, 0.1) is 5.41 Å². The van der Waals surface area contributed by atoms with Crippen molar-refractivity contribution in [1.82, 2.24) is 0 Å². The van der Waals surface area contributed by atoms with E-state index in [0.29, 0.717) is 5.78 Å². The third-order valence-corrected chi connectivity index (χ3v) is 3.80. The van der Waals surface area contributed by atoms with Crippen LogP contribution in [-0.4, -0.2) is 5.78 Å². The molecule has 0 radical (unpaired) electrons. The Balaban J connectivity index is 1.94. The summed E-state index contributed by atoms with van der Waals surface area (Å²) in [6, 6.07) is 10.7. The van der Waals surface area contributed by atoms with E-state index >= 15 is 0 Å². The zero-order valence-corrected chi connectivity index (χ0v) is 13.5. The molecule has 0 aromatic heterocycles. The van der Waals surface area contributed by atoms with Gasteiger partial charge in [-0.3, -0.25) is 4.79 Å². The van der Waals surface area contributed by atoms with E-state index in [1.807, 2.05) is 20.8 Å². The van der Waals surface area contributed by atoms with Gasteiger partial charge in [0.25, 0.3) is 0 Å². The van der Waals surface area contributed by atoms with Gasteiger partial charge in [0.05, 0.1) is 0 Å². The van der Waals surface area contributed by atoms with Gasteiger partial charge in [-0.05, 0) is 24.8 Å². The van der Waals surface area contributed by atoms with E-state index in [2.05, 4.69) is 30.3 Å². The molecule has 0 spiro atoms. The molecular formula is C19H30O. The molecule has 0 saturated heterocycles. The number of rotatable bonds is 9. The zero-order valence-electron chi connectivity index (χ0n) is 13.5. The van der Waals surface area contributed by atoms with Crippen molar-refractivity contribution in [2.45, 2.75) is 72.1 Å². The second-order valence-electron chi connectivity index (χ2n) is 6.78. The van der Waals surface area contributed by atoms with Crippen LogP contribution < -0.4 is 0 Å². The summed E-state index contributed by atoms with van der Waals surface area (Å²) in [6.07, 6.45) is 9.38. The fourth-order valence-corrected chi connectivity index (χ4v) is 2.34. The Morgan fingerprint density at radius 2 is 1.40 bits per heavy atom. The van der Waals surface area contributed by atoms with Crippen LogP contribution in [0.15, 0.2) is 30.3 Å². The highest BCUT2D eigenvalue weighted by Crippen LogP contribution is 2.19. The topological polar surface area (TPSA) is 17.1 Å². The minimum absolute atomic E-state index is 0.157. The van der Waals surface area contributed by atoms with Crippen LogP contribution in [0.2, 0.25) is 0 Å². The van der Waals surface area contributed by atoms with Crippen molar-refractivity contribution >= 4 is 5.78 Å². The third-order valence-electron chi connectivity index (χ3n) is 3.80. The van der Waals surface area contributed by atoms with Crippen LogP contribution in [0.1, 0.15) is 71.3 Å². The summed E-state index contributed by atoms with van der Waals surface area (Å²) in [5.41, 5.74) is 1.29. The second kappa shape index (κ2) is 8.94. The van der Waals surface area contributed by atoms with Crippen molar-refractivity contribution < 1.29 is 4.79 Å². The SMILES string of the molecule is CC(C)(C)C(=O)CCCCCCCCc1ccccc1. The molecule has 1 aromatic rings. The van der Waals surface area contributed by atoms with Crippen LogP contribution >= 0.6 is 0 Å². The Kier molecular flexibility index (Phi) is 7.58. The highest BCUT2D eigenvalue weighted by molar-refractivity contribution is 5.83. The monoisotopic (exact) mass is 274 g/mol. The highest BCUT2D eigenvalue weighted by atomic mass is 16.1. The van der Waals surface area contributed by atoms with Crippen molar-refractivity contribution in [2.75, 3.05) is 0 Å². The molecule has 0 fully saturated rings. The van der Waals surface area contributed by atoms with Gasteiger partial charge in [-0.15, -0.1) is 0 Å². The maximum Gasteiger partial charge on any atom is 0.138 e. The number of carbonyl (C=O) groups excluding carboxylic acids is 1. The fourth-order valence-electron chi connectivity index (χ4n) is 2.34. The Hall–Kier alpha value is -1.11. The van der Waals surface area contributed by atoms with Gasteiger partial charge in [0.2, 0.25) is 0 Å². The van der Waals surface area contributed by atoms with Crippen LogP contribution in [0.5, 0.6) is 0 Å². The summed E-state index contributed by atoms with van der Waals surface area (Å²) in [7, 11) is 0. The Labute approximate surface area is 124 Å². The van der Waals surface area contributed by atoms with E-state index in [1.54, 1.807) is 0 Å². The average Bonchev–Trinajstić information content (AvgIpc) is 2.41. The highest BCUT2D eigenvalue weighted by Gasteiger charge is 2.19. The van der Waals surface area contributed by atoms with Crippen LogP contribution in [-0.2, 0) is 11.2 Å². The van der Waals surface area contributed by atoms with Gasteiger partial charge in [0, 0.05) is 11.8 Å². The first-order chi connectivity index (χ1) is 9.50. The number of hydrogen-bond acceptors (Lipinski definition) is 1. The summed E-state index contributed by atoms with van der Waals surface area (Å²) >= 11 is 0. The van der Waals surface area contributed by atoms with Gasteiger partial charge in [0.1, 0.15) is 5.78 Å². The molecule has 0 aliphatic heterocycles. The lowest BCUT2D eigenvalue weighted by Gasteiger charge is -2.16. The van der Waals surface area contributed by atoms with E-state index in [9.17, 15) is 4.79 Å². The quantitative estimate of drug-likeness (QED) is 0.538. The van der Waals surface area contributed by atoms with E-state index in [0.717, 1.165) is 12.8 Å². The van der Waals surface area contributed by atoms with E-state index in [-0.39, 0.29) is 5.41 Å². The average molecular weight is 274 g/mol. The molecule has 0 amide bonds. The molecule has 0 aliphatic rings. The molecular weight excluding hydrogens is 244 g/mol.